The first kappa shape index (κ1) is 7.55. The van der Waals surface area contributed by atoms with Gasteiger partial charge in [-0.05, 0) is 34.1 Å². The first-order valence-electron chi connectivity index (χ1n) is 3.51. The molecule has 0 aliphatic heterocycles. The third kappa shape index (κ3) is 1.28. The summed E-state index contributed by atoms with van der Waals surface area (Å²) < 4.78 is 6.22. The average Bonchev–Trinajstić information content (AvgIpc) is 2.53. The molecule has 0 spiro atoms. The van der Waals surface area contributed by atoms with Gasteiger partial charge in [0.05, 0.1) is 10.7 Å². The van der Waals surface area contributed by atoms with Crippen LogP contribution in [0.4, 0.5) is 0 Å². The van der Waals surface area contributed by atoms with E-state index < -0.39 is 0 Å². The highest BCUT2D eigenvalue weighted by atomic mass is 79.9. The van der Waals surface area contributed by atoms with Gasteiger partial charge in [0.25, 0.3) is 0 Å². The molecular formula is C9H6BrNO. The minimum Gasteiger partial charge on any atom is -0.463 e. The minimum atomic E-state index is 0.822. The molecule has 0 saturated carbocycles. The smallest absolute Gasteiger partial charge is 0.149 e. The molecule has 0 aromatic carbocycles. The van der Waals surface area contributed by atoms with E-state index in [0.717, 1.165) is 15.8 Å². The van der Waals surface area contributed by atoms with Crippen LogP contribution in [0.3, 0.4) is 0 Å². The van der Waals surface area contributed by atoms with Gasteiger partial charge in [0.2, 0.25) is 0 Å². The molecule has 2 heterocycles. The molecule has 2 aromatic heterocycles. The molecule has 0 amide bonds. The van der Waals surface area contributed by atoms with Crippen molar-refractivity contribution in [2.45, 2.75) is 0 Å². The largest absolute Gasteiger partial charge is 0.463 e. The van der Waals surface area contributed by atoms with Crippen LogP contribution in [0.15, 0.2) is 45.7 Å². The van der Waals surface area contributed by atoms with E-state index in [0.29, 0.717) is 0 Å². The van der Waals surface area contributed by atoms with Crippen molar-refractivity contribution in [3.63, 3.8) is 0 Å². The van der Waals surface area contributed by atoms with Gasteiger partial charge in [-0.25, -0.2) is 0 Å². The summed E-state index contributed by atoms with van der Waals surface area (Å²) in [6.07, 6.45) is 5.15. The summed E-state index contributed by atoms with van der Waals surface area (Å²) in [5.74, 6) is 0.822. The molecule has 12 heavy (non-hydrogen) atoms. The molecule has 0 bridgehead atoms. The number of aromatic nitrogens is 1. The van der Waals surface area contributed by atoms with E-state index >= 15 is 0 Å². The lowest BCUT2D eigenvalue weighted by Gasteiger charge is -1.94. The lowest BCUT2D eigenvalue weighted by Crippen LogP contribution is -1.75. The van der Waals surface area contributed by atoms with Gasteiger partial charge >= 0.3 is 0 Å². The van der Waals surface area contributed by atoms with Gasteiger partial charge < -0.3 is 4.42 Å². The zero-order valence-electron chi connectivity index (χ0n) is 6.20. The quantitative estimate of drug-likeness (QED) is 0.743. The van der Waals surface area contributed by atoms with Crippen molar-refractivity contribution in [2.24, 2.45) is 0 Å². The molecule has 0 unspecified atom stereocenters. The number of pyridine rings is 1. The first-order chi connectivity index (χ1) is 5.88. The summed E-state index contributed by atoms with van der Waals surface area (Å²) in [7, 11) is 0. The Morgan fingerprint density at radius 3 is 2.83 bits per heavy atom. The molecule has 0 aliphatic carbocycles. The molecule has 0 atom stereocenters. The van der Waals surface area contributed by atoms with E-state index in [9.17, 15) is 0 Å². The summed E-state index contributed by atoms with van der Waals surface area (Å²) in [5, 5.41) is 0. The molecule has 0 fully saturated rings. The second-order valence-corrected chi connectivity index (χ2v) is 3.19. The monoisotopic (exact) mass is 223 g/mol. The minimum absolute atomic E-state index is 0.822. The highest BCUT2D eigenvalue weighted by Crippen LogP contribution is 2.27. The van der Waals surface area contributed by atoms with Crippen LogP contribution in [0.1, 0.15) is 0 Å². The highest BCUT2D eigenvalue weighted by molar-refractivity contribution is 9.10. The van der Waals surface area contributed by atoms with Crippen LogP contribution in [0, 0.1) is 0 Å². The summed E-state index contributed by atoms with van der Waals surface area (Å²) in [5.41, 5.74) is 0.981. The number of nitrogens with zero attached hydrogens (tertiary/aromatic N) is 1. The van der Waals surface area contributed by atoms with E-state index in [2.05, 4.69) is 20.9 Å². The van der Waals surface area contributed by atoms with Gasteiger partial charge in [0.1, 0.15) is 5.76 Å². The van der Waals surface area contributed by atoms with E-state index in [1.165, 1.54) is 0 Å². The Balaban J connectivity index is 2.51. The molecule has 3 heteroatoms. The van der Waals surface area contributed by atoms with Crippen molar-refractivity contribution in [3.05, 3.63) is 41.3 Å². The van der Waals surface area contributed by atoms with Gasteiger partial charge in [-0.3, -0.25) is 4.98 Å². The Labute approximate surface area is 78.4 Å². The molecule has 0 aliphatic rings. The fraction of sp³-hybridized carbons (Fsp3) is 0. The molecule has 0 radical (unpaired) electrons. The van der Waals surface area contributed by atoms with Gasteiger partial charge in [-0.1, -0.05) is 0 Å². The predicted molar refractivity (Wildman–Crippen MR) is 49.6 cm³/mol. The number of furan rings is 1. The topological polar surface area (TPSA) is 26.0 Å². The van der Waals surface area contributed by atoms with Crippen molar-refractivity contribution in [1.82, 2.24) is 4.98 Å². The summed E-state index contributed by atoms with van der Waals surface area (Å²) >= 11 is 3.38. The lowest BCUT2D eigenvalue weighted by molar-refractivity contribution is 0.581. The molecule has 0 N–H and O–H groups in total. The van der Waals surface area contributed by atoms with Crippen molar-refractivity contribution in [1.29, 1.82) is 0 Å². The third-order valence-corrected chi connectivity index (χ3v) is 2.17. The Hall–Kier alpha value is -1.09. The van der Waals surface area contributed by atoms with Crippen LogP contribution in [-0.2, 0) is 0 Å². The summed E-state index contributed by atoms with van der Waals surface area (Å²) in [6, 6.07) is 5.70. The van der Waals surface area contributed by atoms with Crippen molar-refractivity contribution < 1.29 is 4.42 Å². The SMILES string of the molecule is Brc1ccoc1-c1cccnc1. The molecule has 60 valence electrons. The zero-order chi connectivity index (χ0) is 8.39. The zero-order valence-corrected chi connectivity index (χ0v) is 7.78. The Morgan fingerprint density at radius 2 is 2.25 bits per heavy atom. The van der Waals surface area contributed by atoms with Crippen LogP contribution in [0.25, 0.3) is 11.3 Å². The molecule has 2 rings (SSSR count). The Morgan fingerprint density at radius 1 is 1.33 bits per heavy atom. The number of hydrogen-bond acceptors (Lipinski definition) is 2. The fourth-order valence-corrected chi connectivity index (χ4v) is 1.43. The average molecular weight is 224 g/mol. The van der Waals surface area contributed by atoms with Gasteiger partial charge in [-0.2, -0.15) is 0 Å². The second kappa shape index (κ2) is 3.11. The maximum atomic E-state index is 5.26. The van der Waals surface area contributed by atoms with E-state index in [-0.39, 0.29) is 0 Å². The predicted octanol–water partition coefficient (Wildman–Crippen LogP) is 3.10. The number of rotatable bonds is 1. The molecule has 2 aromatic rings. The van der Waals surface area contributed by atoms with E-state index in [4.69, 9.17) is 4.42 Å². The molecular weight excluding hydrogens is 218 g/mol. The maximum absolute atomic E-state index is 5.26. The molecule has 2 nitrogen and oxygen atoms in total. The van der Waals surface area contributed by atoms with Crippen LogP contribution in [0.2, 0.25) is 0 Å². The van der Waals surface area contributed by atoms with E-state index in [1.807, 2.05) is 18.2 Å². The Bertz CT molecular complexity index is 369. The summed E-state index contributed by atoms with van der Waals surface area (Å²) in [6.45, 7) is 0. The number of halogens is 1. The maximum Gasteiger partial charge on any atom is 0.149 e. The standard InChI is InChI=1S/C9H6BrNO/c10-8-3-5-12-9(8)7-2-1-4-11-6-7/h1-6H. The number of hydrogen-bond donors (Lipinski definition) is 0. The first-order valence-corrected chi connectivity index (χ1v) is 4.30. The van der Waals surface area contributed by atoms with Crippen LogP contribution < -0.4 is 0 Å². The van der Waals surface area contributed by atoms with Gasteiger partial charge in [-0.15, -0.1) is 0 Å². The van der Waals surface area contributed by atoms with Crippen LogP contribution in [0.5, 0.6) is 0 Å². The Kier molecular flexibility index (Phi) is 1.96. The lowest BCUT2D eigenvalue weighted by atomic mass is 10.2. The fourth-order valence-electron chi connectivity index (χ4n) is 0.997. The van der Waals surface area contributed by atoms with Crippen molar-refractivity contribution >= 4 is 15.9 Å². The van der Waals surface area contributed by atoms with Crippen LogP contribution >= 0.6 is 15.9 Å². The van der Waals surface area contributed by atoms with E-state index in [1.54, 1.807) is 18.7 Å². The van der Waals surface area contributed by atoms with Gasteiger partial charge in [0.15, 0.2) is 0 Å². The van der Waals surface area contributed by atoms with Gasteiger partial charge in [0, 0.05) is 18.0 Å². The van der Waals surface area contributed by atoms with Crippen molar-refractivity contribution in [3.8, 4) is 11.3 Å². The second-order valence-electron chi connectivity index (χ2n) is 2.34. The normalized spacial score (nSPS) is 10.1. The molecule has 0 saturated heterocycles. The third-order valence-electron chi connectivity index (χ3n) is 1.54. The highest BCUT2D eigenvalue weighted by Gasteiger charge is 2.04. The summed E-state index contributed by atoms with van der Waals surface area (Å²) in [4.78, 5) is 4.00. The van der Waals surface area contributed by atoms with Crippen LogP contribution in [-0.4, -0.2) is 4.98 Å². The van der Waals surface area contributed by atoms with Crippen molar-refractivity contribution in [2.75, 3.05) is 0 Å².